The summed E-state index contributed by atoms with van der Waals surface area (Å²) in [6, 6.07) is 7.66. The molecule has 6 atom stereocenters. The second-order valence-corrected chi connectivity index (χ2v) is 11.6. The first-order valence-corrected chi connectivity index (χ1v) is 14.9. The lowest BCUT2D eigenvalue weighted by Gasteiger charge is -2.42. The molecule has 16 nitrogen and oxygen atoms in total. The van der Waals surface area contributed by atoms with Crippen LogP contribution in [0.25, 0.3) is 11.0 Å². The molecule has 2 amide bonds. The fraction of sp³-hybridized carbons (Fsp3) is 0.467. The Bertz CT molecular complexity index is 1670. The smallest absolute Gasteiger partial charge is 0.373 e. The number of hydrogen-bond donors (Lipinski definition) is 3. The first-order valence-electron chi connectivity index (χ1n) is 14.5. The number of fused-ring (bicyclic) bond motifs is 1. The van der Waals surface area contributed by atoms with E-state index in [9.17, 15) is 24.9 Å². The van der Waals surface area contributed by atoms with E-state index in [1.54, 1.807) is 23.2 Å². The van der Waals surface area contributed by atoms with Crippen molar-refractivity contribution in [3.63, 3.8) is 0 Å². The molecule has 0 spiro atoms. The molecule has 1 aromatic carbocycles. The second kappa shape index (κ2) is 15.3. The molecule has 0 bridgehead atoms. The van der Waals surface area contributed by atoms with E-state index in [2.05, 4.69) is 16.9 Å². The molecule has 2 saturated heterocycles. The highest BCUT2D eigenvalue weighted by Gasteiger charge is 2.39. The van der Waals surface area contributed by atoms with Gasteiger partial charge in [-0.2, -0.15) is 14.9 Å². The molecule has 0 saturated carbocycles. The van der Waals surface area contributed by atoms with Gasteiger partial charge in [-0.3, -0.25) is 14.3 Å². The number of carbonyl (C=O) groups is 2. The molecular weight excluding hydrogens is 638 g/mol. The SMILES string of the molecule is C[C@@H]1CCN(C(=O)CC#N)CC1N(C)c1ncnc2c1ccn2C(=O)N(C)c1cc(Cl)ccc1O[C@@H]1OC[C@@H](O)[C@H](O)[C@H]1O.O=C=O. The Morgan fingerprint density at radius 2 is 1.89 bits per heavy atom. The molecular formula is C30H34ClN7O9. The molecule has 2 aromatic heterocycles. The van der Waals surface area contributed by atoms with Crippen LogP contribution in [0.4, 0.5) is 16.3 Å². The number of piperidine rings is 1. The van der Waals surface area contributed by atoms with E-state index in [-0.39, 0.29) is 48.5 Å². The molecule has 2 aliphatic heterocycles. The third kappa shape index (κ3) is 7.52. The van der Waals surface area contributed by atoms with E-state index in [1.165, 1.54) is 35.0 Å². The number of aliphatic hydroxyl groups excluding tert-OH is 3. The monoisotopic (exact) mass is 671 g/mol. The lowest BCUT2D eigenvalue weighted by Crippen LogP contribution is -2.54. The predicted octanol–water partition coefficient (Wildman–Crippen LogP) is 1.01. The van der Waals surface area contributed by atoms with Gasteiger partial charge in [0, 0.05) is 38.4 Å². The maximum Gasteiger partial charge on any atom is 0.373 e. The van der Waals surface area contributed by atoms with Gasteiger partial charge in [0.15, 0.2) is 5.65 Å². The van der Waals surface area contributed by atoms with Crippen molar-refractivity contribution < 1.29 is 44.0 Å². The molecule has 2 fully saturated rings. The number of rotatable bonds is 6. The minimum absolute atomic E-state index is 0.0747. The molecule has 3 aromatic rings. The van der Waals surface area contributed by atoms with Crippen LogP contribution in [0, 0.1) is 17.2 Å². The van der Waals surface area contributed by atoms with E-state index in [4.69, 9.17) is 35.9 Å². The summed E-state index contributed by atoms with van der Waals surface area (Å²) in [6.45, 7) is 2.89. The number of likely N-dealkylation sites (N-methyl/N-ethyl adjacent to an activating group) is 1. The fourth-order valence-corrected chi connectivity index (χ4v) is 5.78. The lowest BCUT2D eigenvalue weighted by molar-refractivity contribution is -0.241. The van der Waals surface area contributed by atoms with Crippen LogP contribution in [0.5, 0.6) is 5.75 Å². The van der Waals surface area contributed by atoms with Gasteiger partial charge in [0.2, 0.25) is 12.2 Å². The normalized spacial score (nSPS) is 23.9. The number of nitrogens with zero attached hydrogens (tertiary/aromatic N) is 7. The van der Waals surface area contributed by atoms with Crippen molar-refractivity contribution >= 4 is 52.2 Å². The Kier molecular flexibility index (Phi) is 11.5. The zero-order chi connectivity index (χ0) is 34.4. The van der Waals surface area contributed by atoms with Crippen LogP contribution in [-0.2, 0) is 19.1 Å². The van der Waals surface area contributed by atoms with Gasteiger partial charge < -0.3 is 34.6 Å². The number of halogens is 1. The predicted molar refractivity (Wildman–Crippen MR) is 164 cm³/mol. The summed E-state index contributed by atoms with van der Waals surface area (Å²) in [7, 11) is 3.41. The number of likely N-dealkylation sites (tertiary alicyclic amines) is 1. The van der Waals surface area contributed by atoms with Gasteiger partial charge in [-0.05, 0) is 36.6 Å². The number of ether oxygens (including phenoxy) is 2. The van der Waals surface area contributed by atoms with Gasteiger partial charge in [-0.15, -0.1) is 0 Å². The standard InChI is InChI=1S/C29H34ClN7O7.CO2/c1-16-7-10-36(23(39)6-9-31)13-20(16)34(2)26-18-8-11-37(27(18)33-15-32-26)29(42)35(3)19-12-17(30)4-5-22(19)44-28-25(41)24(40)21(38)14-43-28;2-1-3/h4-5,8,11-12,15-16,20-21,24-25,28,38,40-41H,6-7,10,13-14H2,1-3H3;/t16-,20?,21-,24+,25-,28+;/m1./s1. The summed E-state index contributed by atoms with van der Waals surface area (Å²) in [5.74, 6) is 0.772. The van der Waals surface area contributed by atoms with Crippen LogP contribution in [0.2, 0.25) is 5.02 Å². The summed E-state index contributed by atoms with van der Waals surface area (Å²) < 4.78 is 12.6. The molecule has 17 heteroatoms. The first kappa shape index (κ1) is 35.2. The van der Waals surface area contributed by atoms with E-state index in [1.807, 2.05) is 18.0 Å². The minimum Gasteiger partial charge on any atom is -0.460 e. The third-order valence-corrected chi connectivity index (χ3v) is 8.50. The van der Waals surface area contributed by atoms with Crippen molar-refractivity contribution in [2.45, 2.75) is 50.4 Å². The highest BCUT2D eigenvalue weighted by Crippen LogP contribution is 2.35. The number of anilines is 2. The van der Waals surface area contributed by atoms with E-state index in [0.29, 0.717) is 35.0 Å². The Morgan fingerprint density at radius 1 is 1.17 bits per heavy atom. The Balaban J connectivity index is 0.00000160. The quantitative estimate of drug-likeness (QED) is 0.334. The molecule has 1 unspecified atom stereocenters. The van der Waals surface area contributed by atoms with Crippen LogP contribution in [0.1, 0.15) is 19.8 Å². The number of aliphatic hydroxyl groups is 3. The fourth-order valence-electron chi connectivity index (χ4n) is 5.61. The highest BCUT2D eigenvalue weighted by atomic mass is 35.5. The van der Waals surface area contributed by atoms with Crippen LogP contribution in [0.3, 0.4) is 0 Å². The Hall–Kier alpha value is -4.62. The maximum absolute atomic E-state index is 13.8. The van der Waals surface area contributed by atoms with Crippen LogP contribution >= 0.6 is 11.6 Å². The molecule has 47 heavy (non-hydrogen) atoms. The molecule has 3 N–H and O–H groups in total. The highest BCUT2D eigenvalue weighted by molar-refractivity contribution is 6.31. The number of benzene rings is 1. The minimum atomic E-state index is -1.53. The van der Waals surface area contributed by atoms with Crippen molar-refractivity contribution in [1.82, 2.24) is 19.4 Å². The lowest BCUT2D eigenvalue weighted by atomic mass is 9.92. The largest absolute Gasteiger partial charge is 0.460 e. The number of hydrogen-bond acceptors (Lipinski definition) is 13. The summed E-state index contributed by atoms with van der Waals surface area (Å²) in [5.41, 5.74) is 0.609. The summed E-state index contributed by atoms with van der Waals surface area (Å²) >= 11 is 6.27. The van der Waals surface area contributed by atoms with Crippen molar-refractivity contribution in [3.8, 4) is 11.8 Å². The average Bonchev–Trinajstić information content (AvgIpc) is 3.50. The number of nitriles is 1. The Morgan fingerprint density at radius 3 is 2.60 bits per heavy atom. The number of carbonyl (C=O) groups excluding carboxylic acids is 4. The maximum atomic E-state index is 13.8. The number of aromatic nitrogens is 3. The van der Waals surface area contributed by atoms with Gasteiger partial charge in [0.25, 0.3) is 0 Å². The van der Waals surface area contributed by atoms with Gasteiger partial charge in [0.1, 0.15) is 42.6 Å². The van der Waals surface area contributed by atoms with Crippen molar-refractivity contribution in [1.29, 1.82) is 5.26 Å². The van der Waals surface area contributed by atoms with E-state index >= 15 is 0 Å². The topological polar surface area (TPSA) is 212 Å². The van der Waals surface area contributed by atoms with Gasteiger partial charge in [0.05, 0.1) is 29.8 Å². The van der Waals surface area contributed by atoms with Gasteiger partial charge in [-0.25, -0.2) is 14.8 Å². The van der Waals surface area contributed by atoms with Gasteiger partial charge >= 0.3 is 12.2 Å². The van der Waals surface area contributed by atoms with Crippen LogP contribution in [-0.4, -0.2) is 117 Å². The van der Waals surface area contributed by atoms with Crippen LogP contribution < -0.4 is 14.5 Å². The molecule has 0 aliphatic carbocycles. The van der Waals surface area contributed by atoms with E-state index < -0.39 is 30.6 Å². The molecule has 5 rings (SSSR count). The molecule has 250 valence electrons. The van der Waals surface area contributed by atoms with E-state index in [0.717, 1.165) is 6.42 Å². The van der Waals surface area contributed by atoms with Crippen molar-refractivity contribution in [3.05, 3.63) is 41.8 Å². The first-order chi connectivity index (χ1) is 22.4. The van der Waals surface area contributed by atoms with Gasteiger partial charge in [-0.1, -0.05) is 18.5 Å². The zero-order valence-corrected chi connectivity index (χ0v) is 26.5. The number of amides is 2. The second-order valence-electron chi connectivity index (χ2n) is 11.1. The van der Waals surface area contributed by atoms with Crippen molar-refractivity contribution in [2.24, 2.45) is 5.92 Å². The van der Waals surface area contributed by atoms with Crippen LogP contribution in [0.15, 0.2) is 36.8 Å². The summed E-state index contributed by atoms with van der Waals surface area (Å²) in [4.78, 5) is 56.4. The Labute approximate surface area is 274 Å². The molecule has 4 heterocycles. The molecule has 2 aliphatic rings. The summed E-state index contributed by atoms with van der Waals surface area (Å²) in [5, 5.41) is 40.1. The van der Waals surface area contributed by atoms with Crippen molar-refractivity contribution in [2.75, 3.05) is 43.6 Å². The molecule has 0 radical (unpaired) electrons. The third-order valence-electron chi connectivity index (χ3n) is 8.27. The zero-order valence-electron chi connectivity index (χ0n) is 25.8. The average molecular weight is 672 g/mol. The summed E-state index contributed by atoms with van der Waals surface area (Å²) in [6.07, 6.45) is -1.76.